The van der Waals surface area contributed by atoms with E-state index in [0.717, 1.165) is 39.8 Å². The number of unbranched alkanes of at least 4 members (excludes halogenated alkanes) is 1. The molecule has 0 aliphatic heterocycles. The number of nitrogens with zero attached hydrogens (tertiary/aromatic N) is 1. The molecule has 21 nitrogen and oxygen atoms in total. The molecule has 0 heterocycles. The van der Waals surface area contributed by atoms with E-state index in [1.807, 2.05) is 86.6 Å². The highest BCUT2D eigenvalue weighted by Gasteiger charge is 2.34. The Morgan fingerprint density at radius 3 is 0.888 bits per heavy atom. The fraction of sp³-hybridized carbons (Fsp3) is 0.372. The Morgan fingerprint density at radius 2 is 0.626 bits per heavy atom. The molecule has 2 atom stereocenters. The Kier molecular flexibility index (Phi) is 42.1. The van der Waals surface area contributed by atoms with Crippen LogP contribution in [0.25, 0.3) is 0 Å². The van der Waals surface area contributed by atoms with Gasteiger partial charge in [0.25, 0.3) is 0 Å². The van der Waals surface area contributed by atoms with E-state index in [-0.39, 0.29) is 90.1 Å². The number of amides is 1. The summed E-state index contributed by atoms with van der Waals surface area (Å²) < 4.78 is 51.8. The molecule has 0 aliphatic rings. The van der Waals surface area contributed by atoms with Gasteiger partial charge < -0.3 is 52.3 Å². The minimum Gasteiger partial charge on any atom is -0.502 e. The summed E-state index contributed by atoms with van der Waals surface area (Å²) in [4.78, 5) is 119. The van der Waals surface area contributed by atoms with E-state index in [2.05, 4.69) is 33.2 Å². The Hall–Kier alpha value is -11.2. The normalized spacial score (nSPS) is 11.4. The van der Waals surface area contributed by atoms with Crippen molar-refractivity contribution in [2.75, 3.05) is 39.5 Å². The first kappa shape index (κ1) is 93.8. The van der Waals surface area contributed by atoms with Crippen molar-refractivity contribution in [2.24, 2.45) is 0 Å². The zero-order chi connectivity index (χ0) is 76.8. The molecule has 0 spiro atoms. The van der Waals surface area contributed by atoms with Crippen molar-refractivity contribution in [3.8, 4) is 34.5 Å². The fourth-order valence-electron chi connectivity index (χ4n) is 10.7. The lowest BCUT2D eigenvalue weighted by Crippen LogP contribution is -2.33. The van der Waals surface area contributed by atoms with Crippen molar-refractivity contribution in [1.29, 1.82) is 0 Å². The first-order valence-electron chi connectivity index (χ1n) is 34.2. The zero-order valence-electron chi connectivity index (χ0n) is 61.3. The van der Waals surface area contributed by atoms with E-state index in [1.54, 1.807) is 104 Å². The third kappa shape index (κ3) is 32.0. The monoisotopic (exact) mass is 1480 g/mol. The van der Waals surface area contributed by atoms with Gasteiger partial charge in [-0.2, -0.15) is 0 Å². The fourth-order valence-corrected chi connectivity index (χ4v) is 10.7. The number of hydrogen-bond donors (Lipinski definition) is 0. The van der Waals surface area contributed by atoms with Gasteiger partial charge in [0, 0.05) is 94.7 Å². The highest BCUT2D eigenvalue weighted by molar-refractivity contribution is 5.87. The highest BCUT2D eigenvalue weighted by Crippen LogP contribution is 2.41. The van der Waals surface area contributed by atoms with Crippen LogP contribution in [0.2, 0.25) is 0 Å². The van der Waals surface area contributed by atoms with Gasteiger partial charge in [-0.15, -0.1) is 13.2 Å². The first-order valence-corrected chi connectivity index (χ1v) is 34.2. The van der Waals surface area contributed by atoms with Crippen LogP contribution in [0, 0.1) is 0 Å². The van der Waals surface area contributed by atoms with Gasteiger partial charge in [-0.05, 0) is 145 Å². The lowest BCUT2D eigenvalue weighted by molar-refractivity contribution is -0.150. The predicted octanol–water partition coefficient (Wildman–Crippen LogP) is 16.9. The molecule has 6 aromatic rings. The molecule has 6 aromatic carbocycles. The molecule has 0 aromatic heterocycles. The molecule has 578 valence electrons. The van der Waals surface area contributed by atoms with Gasteiger partial charge in [0.05, 0.1) is 19.5 Å². The van der Waals surface area contributed by atoms with E-state index in [4.69, 9.17) is 47.4 Å². The van der Waals surface area contributed by atoms with E-state index in [0.29, 0.717) is 99.3 Å². The Morgan fingerprint density at radius 1 is 0.364 bits per heavy atom. The molecular formula is C86H109NO20. The van der Waals surface area contributed by atoms with Crippen molar-refractivity contribution in [3.05, 3.63) is 229 Å². The van der Waals surface area contributed by atoms with Crippen LogP contribution >= 0.6 is 0 Å². The standard InChI is InChI=1S/C28H33NO5.C28H32O8.C27H32O7.3CH4/c1-6-19-29(20-7-2)26(31)17-18-28(5,22-9-13-24(14-10-22)33-21(4)30)23-11-15-25(16-12-23)34-27(32)8-3;1-6-25(30)36-24-13-9-22(10-14-24)28(5,21-7-11-23(12-8-21)35-20(4)29)16-15-26(31)33-17-18-34-27(32)19(2)3;1-5-31-18-6-7-19-32-26(30)16-17-27(4,22-8-12-24(13-9-22)33-20(2)28)23-10-14-25(15-11-23)34-21(3)29;;;/h6-7,9-16H,1-2,8,17-20H2,3-5H3;7-14H,2,6,15-18H2,1,3-5H3;5,8-15H,1,6-7,16-19H2,2-4H3;3*1H4. The molecule has 0 radical (unpaired) electrons. The summed E-state index contributed by atoms with van der Waals surface area (Å²) in [5, 5.41) is 0. The van der Waals surface area contributed by atoms with Gasteiger partial charge in [0.15, 0.2) is 0 Å². The number of rotatable bonds is 37. The number of carbonyl (C=O) groups excluding carboxylic acids is 10. The zero-order valence-corrected chi connectivity index (χ0v) is 61.3. The molecule has 6 rings (SSSR count). The van der Waals surface area contributed by atoms with Crippen molar-refractivity contribution >= 4 is 59.6 Å². The third-order valence-corrected chi connectivity index (χ3v) is 16.5. The van der Waals surface area contributed by atoms with Crippen LogP contribution in [0.15, 0.2) is 196 Å². The molecular weight excluding hydrogens is 1370 g/mol. The minimum atomic E-state index is -0.618. The molecule has 1 amide bonds. The predicted molar refractivity (Wildman–Crippen MR) is 413 cm³/mol. The van der Waals surface area contributed by atoms with E-state index in [9.17, 15) is 47.9 Å². The summed E-state index contributed by atoms with van der Waals surface area (Å²) in [7, 11) is 0. The van der Waals surface area contributed by atoms with Gasteiger partial charge >= 0.3 is 53.7 Å². The van der Waals surface area contributed by atoms with E-state index < -0.39 is 46.1 Å². The van der Waals surface area contributed by atoms with Crippen LogP contribution < -0.4 is 28.4 Å². The molecule has 0 saturated heterocycles. The maximum absolute atomic E-state index is 12.9. The lowest BCUT2D eigenvalue weighted by Gasteiger charge is -2.32. The maximum atomic E-state index is 12.9. The second kappa shape index (κ2) is 48.0. The Labute approximate surface area is 632 Å². The van der Waals surface area contributed by atoms with E-state index in [1.165, 1.54) is 40.9 Å². The molecule has 21 heteroatoms. The highest BCUT2D eigenvalue weighted by atomic mass is 16.6. The molecule has 0 bridgehead atoms. The number of esters is 9. The largest absolute Gasteiger partial charge is 0.502 e. The average Bonchev–Trinajstić information content (AvgIpc) is 0.802. The molecule has 107 heavy (non-hydrogen) atoms. The van der Waals surface area contributed by atoms with Gasteiger partial charge in [0.2, 0.25) is 5.91 Å². The maximum Gasteiger partial charge on any atom is 0.333 e. The van der Waals surface area contributed by atoms with Crippen molar-refractivity contribution in [1.82, 2.24) is 4.90 Å². The smallest absolute Gasteiger partial charge is 0.333 e. The molecule has 0 aliphatic carbocycles. The molecule has 0 saturated carbocycles. The number of benzene rings is 6. The lowest BCUT2D eigenvalue weighted by atomic mass is 9.73. The third-order valence-electron chi connectivity index (χ3n) is 16.5. The topological polar surface area (TPSA) is 266 Å². The average molecular weight is 1480 g/mol. The van der Waals surface area contributed by atoms with Crippen LogP contribution in [0.3, 0.4) is 0 Å². The van der Waals surface area contributed by atoms with Crippen LogP contribution in [0.5, 0.6) is 34.5 Å². The van der Waals surface area contributed by atoms with Crippen molar-refractivity contribution in [3.63, 3.8) is 0 Å². The van der Waals surface area contributed by atoms with Crippen LogP contribution in [0.1, 0.15) is 189 Å². The Bertz CT molecular complexity index is 3790. The van der Waals surface area contributed by atoms with Crippen molar-refractivity contribution < 1.29 is 95.3 Å². The first-order chi connectivity index (χ1) is 49.5. The SMILES string of the molecule is C.C.C.C=C(C)C(=O)OCCOC(=O)CCC(C)(c1ccc(OC(C)=O)cc1)c1ccc(OC(=O)CC)cc1.C=CCN(CC=C)C(=O)CCC(C)(c1ccc(OC(C)=O)cc1)c1ccc(OC(=O)CC)cc1.C=COCCCCOC(=O)CCC(C)(c1ccc(OC(C)=O)cc1)c1ccc(OC(C)=O)cc1. The van der Waals surface area contributed by atoms with Gasteiger partial charge in [0.1, 0.15) is 47.7 Å². The number of ether oxygens (including phenoxy) is 10. The minimum absolute atomic E-state index is 0. The summed E-state index contributed by atoms with van der Waals surface area (Å²) in [5.74, 6) is -0.778. The van der Waals surface area contributed by atoms with Crippen LogP contribution in [-0.4, -0.2) is 104 Å². The van der Waals surface area contributed by atoms with E-state index >= 15 is 0 Å². The summed E-state index contributed by atoms with van der Waals surface area (Å²) in [6, 6.07) is 43.3. The quantitative estimate of drug-likeness (QED) is 0.00667. The summed E-state index contributed by atoms with van der Waals surface area (Å²) in [6.45, 7) is 32.6. The number of carbonyl (C=O) groups is 10. The van der Waals surface area contributed by atoms with Crippen molar-refractivity contribution in [2.45, 2.75) is 172 Å². The van der Waals surface area contributed by atoms with Gasteiger partial charge in [-0.25, -0.2) is 4.79 Å². The molecule has 0 N–H and O–H groups in total. The second-order valence-electron chi connectivity index (χ2n) is 24.7. The summed E-state index contributed by atoms with van der Waals surface area (Å²) in [6.07, 6.45) is 8.91. The number of hydrogen-bond acceptors (Lipinski definition) is 20. The van der Waals surface area contributed by atoms with Gasteiger partial charge in [-0.3, -0.25) is 43.2 Å². The van der Waals surface area contributed by atoms with Crippen LogP contribution in [-0.2, 0) is 83.1 Å². The second-order valence-corrected chi connectivity index (χ2v) is 24.7. The summed E-state index contributed by atoms with van der Waals surface area (Å²) in [5.41, 5.74) is 4.19. The Balaban J connectivity index is 0.000000792. The van der Waals surface area contributed by atoms with Gasteiger partial charge in [-0.1, -0.05) is 155 Å². The molecule has 0 fully saturated rings. The summed E-state index contributed by atoms with van der Waals surface area (Å²) >= 11 is 0. The van der Waals surface area contributed by atoms with Crippen LogP contribution in [0.4, 0.5) is 0 Å². The molecule has 2 unspecified atom stereocenters.